The summed E-state index contributed by atoms with van der Waals surface area (Å²) in [4.78, 5) is 31.5. The number of aliphatic hydroxyl groups excluding tert-OH is 1. The zero-order valence-corrected chi connectivity index (χ0v) is 16.7. The van der Waals surface area contributed by atoms with Crippen LogP contribution in [0.25, 0.3) is 0 Å². The molecule has 0 bridgehead atoms. The van der Waals surface area contributed by atoms with Crippen LogP contribution in [0.3, 0.4) is 0 Å². The Balaban J connectivity index is 0.000000706. The molecule has 9 heteroatoms. The van der Waals surface area contributed by atoms with Gasteiger partial charge in [0.25, 0.3) is 6.47 Å². The van der Waals surface area contributed by atoms with Gasteiger partial charge < -0.3 is 19.7 Å². The Hall–Kier alpha value is -2.26. The summed E-state index contributed by atoms with van der Waals surface area (Å²) in [5.41, 5.74) is 1.02. The lowest BCUT2D eigenvalue weighted by Crippen LogP contribution is -2.35. The Kier molecular flexibility index (Phi) is 6.79. The summed E-state index contributed by atoms with van der Waals surface area (Å²) < 4.78 is 2.01. The molecule has 152 valence electrons. The van der Waals surface area contributed by atoms with Crippen LogP contribution in [0.2, 0.25) is 0 Å². The fourth-order valence-electron chi connectivity index (χ4n) is 4.31. The highest BCUT2D eigenvalue weighted by molar-refractivity contribution is 7.09. The van der Waals surface area contributed by atoms with E-state index in [1.807, 2.05) is 28.0 Å². The number of likely N-dealkylation sites (tertiary alicyclic amines) is 1. The van der Waals surface area contributed by atoms with Gasteiger partial charge in [0.1, 0.15) is 0 Å². The van der Waals surface area contributed by atoms with E-state index in [1.165, 1.54) is 0 Å². The van der Waals surface area contributed by atoms with E-state index in [0.29, 0.717) is 18.3 Å². The van der Waals surface area contributed by atoms with Crippen LogP contribution < -0.4 is 0 Å². The van der Waals surface area contributed by atoms with E-state index in [0.717, 1.165) is 43.1 Å². The molecule has 2 aromatic rings. The van der Waals surface area contributed by atoms with E-state index in [1.54, 1.807) is 23.9 Å². The maximum absolute atomic E-state index is 12.6. The van der Waals surface area contributed by atoms with Gasteiger partial charge in [0.2, 0.25) is 5.91 Å². The topological polar surface area (TPSA) is 109 Å². The zero-order valence-electron chi connectivity index (χ0n) is 15.8. The number of rotatable bonds is 4. The number of hydrogen-bond acceptors (Lipinski definition) is 6. The molecular weight excluding hydrogens is 380 g/mol. The lowest BCUT2D eigenvalue weighted by atomic mass is 9.77. The van der Waals surface area contributed by atoms with Gasteiger partial charge >= 0.3 is 0 Å². The van der Waals surface area contributed by atoms with Crippen molar-refractivity contribution >= 4 is 23.7 Å². The van der Waals surface area contributed by atoms with Gasteiger partial charge in [0, 0.05) is 37.3 Å². The van der Waals surface area contributed by atoms with Gasteiger partial charge in [-0.25, -0.2) is 9.97 Å². The summed E-state index contributed by atoms with van der Waals surface area (Å²) in [6.45, 7) is 3.34. The maximum Gasteiger partial charge on any atom is 0.290 e. The van der Waals surface area contributed by atoms with Crippen molar-refractivity contribution in [3.8, 4) is 0 Å². The second-order valence-corrected chi connectivity index (χ2v) is 8.46. The number of nitrogens with zero attached hydrogens (tertiary/aromatic N) is 4. The van der Waals surface area contributed by atoms with Crippen molar-refractivity contribution < 1.29 is 19.8 Å². The van der Waals surface area contributed by atoms with Gasteiger partial charge in [-0.15, -0.1) is 11.3 Å². The second-order valence-electron chi connectivity index (χ2n) is 7.40. The molecule has 2 fully saturated rings. The van der Waals surface area contributed by atoms with Crippen molar-refractivity contribution in [2.45, 2.75) is 44.8 Å². The number of aliphatic hydroxyl groups is 1. The first-order chi connectivity index (χ1) is 13.5. The van der Waals surface area contributed by atoms with Crippen molar-refractivity contribution in [2.24, 2.45) is 11.8 Å². The molecule has 4 rings (SSSR count). The van der Waals surface area contributed by atoms with Gasteiger partial charge in [-0.2, -0.15) is 0 Å². The molecule has 1 amide bonds. The predicted molar refractivity (Wildman–Crippen MR) is 104 cm³/mol. The molecule has 1 aliphatic heterocycles. The molecule has 2 aliphatic rings. The Morgan fingerprint density at radius 1 is 1.36 bits per heavy atom. The highest BCUT2D eigenvalue weighted by Gasteiger charge is 2.43. The van der Waals surface area contributed by atoms with Gasteiger partial charge in [-0.05, 0) is 38.0 Å². The first kappa shape index (κ1) is 20.5. The first-order valence-corrected chi connectivity index (χ1v) is 10.3. The molecule has 4 atom stereocenters. The van der Waals surface area contributed by atoms with Gasteiger partial charge in [-0.1, -0.05) is 0 Å². The monoisotopic (exact) mass is 406 g/mol. The first-order valence-electron chi connectivity index (χ1n) is 9.44. The SMILES string of the molecule is Cc1nc(CCC(=O)N2C[C@H]3C[C@@H](n4ccnc4)[C@H](O)C[C@H]3C2)cs1.O=CO. The van der Waals surface area contributed by atoms with Crippen LogP contribution in [0.1, 0.15) is 36.0 Å². The smallest absolute Gasteiger partial charge is 0.290 e. The van der Waals surface area contributed by atoms with Crippen LogP contribution in [-0.2, 0) is 16.0 Å². The van der Waals surface area contributed by atoms with Crippen molar-refractivity contribution in [3.05, 3.63) is 34.8 Å². The number of carbonyl (C=O) groups excluding carboxylic acids is 1. The number of fused-ring (bicyclic) bond motifs is 1. The number of thiazole rings is 1. The fourth-order valence-corrected chi connectivity index (χ4v) is 4.96. The summed E-state index contributed by atoms with van der Waals surface area (Å²) in [5.74, 6) is 1.11. The molecule has 1 saturated heterocycles. The number of aromatic nitrogens is 3. The van der Waals surface area contributed by atoms with Gasteiger partial charge in [-0.3, -0.25) is 9.59 Å². The van der Waals surface area contributed by atoms with Crippen LogP contribution in [0.15, 0.2) is 24.1 Å². The molecule has 28 heavy (non-hydrogen) atoms. The van der Waals surface area contributed by atoms with Crippen molar-refractivity contribution in [1.82, 2.24) is 19.4 Å². The number of imidazole rings is 1. The summed E-state index contributed by atoms with van der Waals surface area (Å²) >= 11 is 1.63. The Bertz CT molecular complexity index is 779. The third-order valence-electron chi connectivity index (χ3n) is 5.63. The Morgan fingerprint density at radius 2 is 2.07 bits per heavy atom. The van der Waals surface area contributed by atoms with E-state index in [4.69, 9.17) is 9.90 Å². The average molecular weight is 407 g/mol. The molecule has 1 saturated carbocycles. The van der Waals surface area contributed by atoms with Gasteiger partial charge in [0.05, 0.1) is 29.2 Å². The van der Waals surface area contributed by atoms with Gasteiger partial charge in [0.15, 0.2) is 0 Å². The van der Waals surface area contributed by atoms with E-state index in [2.05, 4.69) is 9.97 Å². The lowest BCUT2D eigenvalue weighted by molar-refractivity contribution is -0.130. The zero-order chi connectivity index (χ0) is 20.1. The number of carboxylic acid groups (broad SMARTS) is 1. The summed E-state index contributed by atoms with van der Waals surface area (Å²) in [6, 6.07) is 0.0804. The molecule has 0 spiro atoms. The molecule has 0 radical (unpaired) electrons. The van der Waals surface area contributed by atoms with E-state index >= 15 is 0 Å². The number of hydrogen-bond donors (Lipinski definition) is 2. The molecule has 2 aromatic heterocycles. The average Bonchev–Trinajstić information content (AvgIpc) is 3.40. The molecule has 3 heterocycles. The lowest BCUT2D eigenvalue weighted by Gasteiger charge is -2.35. The van der Waals surface area contributed by atoms with Crippen molar-refractivity contribution in [1.29, 1.82) is 0 Å². The number of amides is 1. The minimum absolute atomic E-state index is 0.0804. The Labute approximate surface area is 167 Å². The van der Waals surface area contributed by atoms with Crippen molar-refractivity contribution in [3.63, 3.8) is 0 Å². The fraction of sp³-hybridized carbons (Fsp3) is 0.579. The highest BCUT2D eigenvalue weighted by atomic mass is 32.1. The molecule has 8 nitrogen and oxygen atoms in total. The standard InChI is InChI=1S/C18H24N4O2S.CH2O2/c1-12-20-15(10-25-12)2-3-18(24)22-8-13-6-16(21-5-4-19-11-21)17(23)7-14(13)9-22;2-1-3/h4-5,10-11,13-14,16-17,23H,2-3,6-9H2,1H3;1H,(H,2,3)/t13-,14+,16-,17-;/m1./s1. The van der Waals surface area contributed by atoms with E-state index < -0.39 is 0 Å². The largest absolute Gasteiger partial charge is 0.483 e. The normalized spacial score (nSPS) is 26.3. The van der Waals surface area contributed by atoms with E-state index in [-0.39, 0.29) is 24.5 Å². The third kappa shape index (κ3) is 4.77. The third-order valence-corrected chi connectivity index (χ3v) is 6.45. The van der Waals surface area contributed by atoms with Crippen LogP contribution in [0.5, 0.6) is 0 Å². The molecule has 1 aliphatic carbocycles. The van der Waals surface area contributed by atoms with Crippen LogP contribution in [0, 0.1) is 18.8 Å². The minimum atomic E-state index is -0.358. The van der Waals surface area contributed by atoms with E-state index in [9.17, 15) is 9.90 Å². The number of carbonyl (C=O) groups is 2. The second kappa shape index (κ2) is 9.29. The van der Waals surface area contributed by atoms with Crippen LogP contribution in [0.4, 0.5) is 0 Å². The summed E-state index contributed by atoms with van der Waals surface area (Å²) in [6.07, 6.45) is 8.02. The molecule has 0 unspecified atom stereocenters. The van der Waals surface area contributed by atoms with Crippen LogP contribution in [-0.4, -0.2) is 61.2 Å². The molecular formula is C19H26N4O4S. The maximum atomic E-state index is 12.6. The number of aryl methyl sites for hydroxylation is 2. The molecule has 2 N–H and O–H groups in total. The van der Waals surface area contributed by atoms with Crippen molar-refractivity contribution in [2.75, 3.05) is 13.1 Å². The predicted octanol–water partition coefficient (Wildman–Crippen LogP) is 1.75. The molecule has 0 aromatic carbocycles. The quantitative estimate of drug-likeness (QED) is 0.749. The summed E-state index contributed by atoms with van der Waals surface area (Å²) in [7, 11) is 0. The minimum Gasteiger partial charge on any atom is -0.483 e. The van der Waals surface area contributed by atoms with Crippen LogP contribution >= 0.6 is 11.3 Å². The Morgan fingerprint density at radius 3 is 2.68 bits per heavy atom. The summed E-state index contributed by atoms with van der Waals surface area (Å²) in [5, 5.41) is 20.5. The highest BCUT2D eigenvalue weighted by Crippen LogP contribution is 2.41.